The summed E-state index contributed by atoms with van der Waals surface area (Å²) in [6.07, 6.45) is 1.72. The predicted molar refractivity (Wildman–Crippen MR) is 81.8 cm³/mol. The Morgan fingerprint density at radius 1 is 1.35 bits per heavy atom. The van der Waals surface area contributed by atoms with Crippen LogP contribution in [0, 0.1) is 6.92 Å². The molecule has 2 heterocycles. The van der Waals surface area contributed by atoms with Gasteiger partial charge in [0.2, 0.25) is 0 Å². The number of hydrogen-bond donors (Lipinski definition) is 0. The first-order valence-corrected chi connectivity index (χ1v) is 6.69. The van der Waals surface area contributed by atoms with Gasteiger partial charge in [-0.2, -0.15) is 0 Å². The summed E-state index contributed by atoms with van der Waals surface area (Å²) in [5.74, 6) is 1.78. The predicted octanol–water partition coefficient (Wildman–Crippen LogP) is 4.23. The molecule has 1 aromatic heterocycles. The number of likely N-dealkylation sites (N-methyl/N-ethyl adjacent to an activating group) is 1. The summed E-state index contributed by atoms with van der Waals surface area (Å²) in [5.41, 5.74) is 2.19. The second kappa shape index (κ2) is 6.08. The second-order valence-electron chi connectivity index (χ2n) is 5.01. The van der Waals surface area contributed by atoms with Gasteiger partial charge < -0.3 is 9.15 Å². The zero-order valence-electron chi connectivity index (χ0n) is 11.4. The molecule has 1 aliphatic heterocycles. The molecule has 1 unspecified atom stereocenters. The fourth-order valence-electron chi connectivity index (χ4n) is 2.37. The van der Waals surface area contributed by atoms with Crippen molar-refractivity contribution in [1.29, 1.82) is 0 Å². The molecule has 20 heavy (non-hydrogen) atoms. The van der Waals surface area contributed by atoms with Gasteiger partial charge in [0.15, 0.2) is 0 Å². The number of benzene rings is 1. The van der Waals surface area contributed by atoms with Crippen LogP contribution in [0.4, 0.5) is 0 Å². The Morgan fingerprint density at radius 2 is 2.15 bits per heavy atom. The van der Waals surface area contributed by atoms with Gasteiger partial charge in [0.25, 0.3) is 0 Å². The largest absolute Gasteiger partial charge is 0.484 e. The molecule has 108 valence electrons. The molecule has 0 aliphatic carbocycles. The average Bonchev–Trinajstić information content (AvgIpc) is 2.82. The summed E-state index contributed by atoms with van der Waals surface area (Å²) in [5, 5.41) is 0.731. The lowest BCUT2D eigenvalue weighted by Crippen LogP contribution is -2.32. The van der Waals surface area contributed by atoms with Gasteiger partial charge in [-0.1, -0.05) is 17.7 Å². The van der Waals surface area contributed by atoms with E-state index in [-0.39, 0.29) is 18.5 Å². The molecule has 1 aliphatic rings. The first kappa shape index (κ1) is 15.2. The van der Waals surface area contributed by atoms with Crippen LogP contribution in [0.25, 0.3) is 0 Å². The number of furan rings is 1. The lowest BCUT2D eigenvalue weighted by atomic mass is 10.1. The number of nitrogens with zero attached hydrogens (tertiary/aromatic N) is 1. The van der Waals surface area contributed by atoms with E-state index >= 15 is 0 Å². The van der Waals surface area contributed by atoms with E-state index in [1.807, 2.05) is 31.2 Å². The first-order chi connectivity index (χ1) is 9.13. The summed E-state index contributed by atoms with van der Waals surface area (Å²) in [6, 6.07) is 7.78. The SMILES string of the molecule is Cc1ccc(OC2CN(C)Cc3occc32)cc1Cl.Cl. The van der Waals surface area contributed by atoms with E-state index in [1.54, 1.807) is 6.26 Å². The number of halogens is 2. The second-order valence-corrected chi connectivity index (χ2v) is 5.42. The molecule has 0 saturated carbocycles. The van der Waals surface area contributed by atoms with E-state index in [9.17, 15) is 0 Å². The van der Waals surface area contributed by atoms with Crippen molar-refractivity contribution < 1.29 is 9.15 Å². The van der Waals surface area contributed by atoms with E-state index in [0.717, 1.165) is 40.7 Å². The smallest absolute Gasteiger partial charge is 0.140 e. The van der Waals surface area contributed by atoms with Crippen LogP contribution in [-0.4, -0.2) is 18.5 Å². The van der Waals surface area contributed by atoms with Crippen LogP contribution in [-0.2, 0) is 6.54 Å². The minimum Gasteiger partial charge on any atom is -0.484 e. The Bertz CT molecular complexity index is 597. The van der Waals surface area contributed by atoms with Crippen molar-refractivity contribution in [2.45, 2.75) is 19.6 Å². The summed E-state index contributed by atoms with van der Waals surface area (Å²) in [4.78, 5) is 2.19. The molecule has 0 N–H and O–H groups in total. The molecular weight excluding hydrogens is 297 g/mol. The lowest BCUT2D eigenvalue weighted by molar-refractivity contribution is 0.120. The van der Waals surface area contributed by atoms with Gasteiger partial charge >= 0.3 is 0 Å². The van der Waals surface area contributed by atoms with Crippen molar-refractivity contribution in [3.05, 3.63) is 52.4 Å². The zero-order chi connectivity index (χ0) is 13.4. The maximum absolute atomic E-state index is 6.13. The van der Waals surface area contributed by atoms with Gasteiger partial charge in [0, 0.05) is 17.1 Å². The zero-order valence-corrected chi connectivity index (χ0v) is 13.0. The molecule has 3 rings (SSSR count). The Labute approximate surface area is 129 Å². The van der Waals surface area contributed by atoms with Crippen LogP contribution in [0.2, 0.25) is 5.02 Å². The minimum absolute atomic E-state index is 0. The lowest BCUT2D eigenvalue weighted by Gasteiger charge is -2.29. The highest BCUT2D eigenvalue weighted by Crippen LogP contribution is 2.32. The van der Waals surface area contributed by atoms with E-state index in [0.29, 0.717) is 0 Å². The topological polar surface area (TPSA) is 25.6 Å². The highest BCUT2D eigenvalue weighted by molar-refractivity contribution is 6.31. The molecule has 5 heteroatoms. The summed E-state index contributed by atoms with van der Waals surface area (Å²) in [7, 11) is 2.06. The van der Waals surface area contributed by atoms with Crippen molar-refractivity contribution >= 4 is 24.0 Å². The van der Waals surface area contributed by atoms with Crippen LogP contribution in [0.3, 0.4) is 0 Å². The highest BCUT2D eigenvalue weighted by atomic mass is 35.5. The first-order valence-electron chi connectivity index (χ1n) is 6.31. The van der Waals surface area contributed by atoms with Crippen molar-refractivity contribution in [3.8, 4) is 5.75 Å². The quantitative estimate of drug-likeness (QED) is 0.829. The Balaban J connectivity index is 0.00000147. The number of rotatable bonds is 2. The molecule has 0 bridgehead atoms. The van der Waals surface area contributed by atoms with Crippen molar-refractivity contribution in [2.24, 2.45) is 0 Å². The molecule has 3 nitrogen and oxygen atoms in total. The van der Waals surface area contributed by atoms with Crippen LogP contribution >= 0.6 is 24.0 Å². The fraction of sp³-hybridized carbons (Fsp3) is 0.333. The minimum atomic E-state index is -0.00808. The van der Waals surface area contributed by atoms with Crippen LogP contribution in [0.15, 0.2) is 34.9 Å². The molecule has 0 saturated heterocycles. The number of aryl methyl sites for hydroxylation is 1. The van der Waals surface area contributed by atoms with E-state index in [2.05, 4.69) is 11.9 Å². The third kappa shape index (κ3) is 2.95. The summed E-state index contributed by atoms with van der Waals surface area (Å²) in [6.45, 7) is 3.66. The number of ether oxygens (including phenoxy) is 1. The van der Waals surface area contributed by atoms with Gasteiger partial charge in [-0.25, -0.2) is 0 Å². The average molecular weight is 314 g/mol. The van der Waals surface area contributed by atoms with Crippen LogP contribution < -0.4 is 4.74 Å². The van der Waals surface area contributed by atoms with Gasteiger partial charge in [-0.3, -0.25) is 4.90 Å². The molecule has 1 aromatic carbocycles. The normalized spacial score (nSPS) is 18.2. The maximum atomic E-state index is 6.13. The monoisotopic (exact) mass is 313 g/mol. The van der Waals surface area contributed by atoms with Crippen LogP contribution in [0.5, 0.6) is 5.75 Å². The molecule has 2 aromatic rings. The van der Waals surface area contributed by atoms with Crippen molar-refractivity contribution in [2.75, 3.05) is 13.6 Å². The Morgan fingerprint density at radius 3 is 2.90 bits per heavy atom. The van der Waals surface area contributed by atoms with Gasteiger partial charge in [-0.05, 0) is 37.7 Å². The third-order valence-electron chi connectivity index (χ3n) is 3.44. The van der Waals surface area contributed by atoms with E-state index in [1.165, 1.54) is 0 Å². The third-order valence-corrected chi connectivity index (χ3v) is 3.85. The Hall–Kier alpha value is -1.16. The molecule has 0 amide bonds. The van der Waals surface area contributed by atoms with E-state index < -0.39 is 0 Å². The maximum Gasteiger partial charge on any atom is 0.140 e. The van der Waals surface area contributed by atoms with Gasteiger partial charge in [0.05, 0.1) is 12.8 Å². The van der Waals surface area contributed by atoms with Crippen LogP contribution in [0.1, 0.15) is 23.0 Å². The summed E-state index contributed by atoms with van der Waals surface area (Å²) < 4.78 is 11.5. The molecule has 0 fully saturated rings. The number of fused-ring (bicyclic) bond motifs is 1. The molecular formula is C15H17Cl2NO2. The molecule has 0 spiro atoms. The van der Waals surface area contributed by atoms with E-state index in [4.69, 9.17) is 20.8 Å². The Kier molecular flexibility index (Phi) is 4.63. The van der Waals surface area contributed by atoms with Gasteiger partial charge in [0.1, 0.15) is 17.6 Å². The highest BCUT2D eigenvalue weighted by Gasteiger charge is 2.27. The standard InChI is InChI=1S/C15H16ClNO2.ClH/c1-10-3-4-11(7-13(10)16)19-15-9-17(2)8-14-12(15)5-6-18-14;/h3-7,15H,8-9H2,1-2H3;1H. The van der Waals surface area contributed by atoms with Crippen molar-refractivity contribution in [1.82, 2.24) is 4.90 Å². The molecule has 0 radical (unpaired) electrons. The molecule has 1 atom stereocenters. The van der Waals surface area contributed by atoms with Gasteiger partial charge in [-0.15, -0.1) is 12.4 Å². The number of hydrogen-bond acceptors (Lipinski definition) is 3. The fourth-order valence-corrected chi connectivity index (χ4v) is 2.54. The van der Waals surface area contributed by atoms with Crippen molar-refractivity contribution in [3.63, 3.8) is 0 Å². The summed E-state index contributed by atoms with van der Waals surface area (Å²) >= 11 is 6.13.